The number of carbonyl (C=O) groups is 2. The summed E-state index contributed by atoms with van der Waals surface area (Å²) in [6.07, 6.45) is 2.59. The quantitative estimate of drug-likeness (QED) is 0.454. The normalized spacial score (nSPS) is 10.3. The lowest BCUT2D eigenvalue weighted by Gasteiger charge is -2.01. The van der Waals surface area contributed by atoms with Crippen molar-refractivity contribution in [3.63, 3.8) is 0 Å². The van der Waals surface area contributed by atoms with Gasteiger partial charge < -0.3 is 15.6 Å². The zero-order valence-electron chi connectivity index (χ0n) is 8.64. The number of rotatable bonds is 3. The fraction of sp³-hybridized carbons (Fsp3) is 0.0909. The predicted octanol–water partition coefficient (Wildman–Crippen LogP) is 1.15. The number of ether oxygens (including phenoxy) is 1. The summed E-state index contributed by atoms with van der Waals surface area (Å²) in [7, 11) is 1.25. The Morgan fingerprint density at radius 2 is 2.12 bits per heavy atom. The van der Waals surface area contributed by atoms with Crippen molar-refractivity contribution in [1.82, 2.24) is 0 Å². The summed E-state index contributed by atoms with van der Waals surface area (Å²) in [5.41, 5.74) is 6.59. The van der Waals surface area contributed by atoms with E-state index in [1.54, 1.807) is 0 Å². The van der Waals surface area contributed by atoms with Crippen LogP contribution in [0.15, 0.2) is 24.3 Å². The van der Waals surface area contributed by atoms with E-state index in [1.807, 2.05) is 0 Å². The van der Waals surface area contributed by atoms with Gasteiger partial charge in [-0.15, -0.1) is 0 Å². The van der Waals surface area contributed by atoms with Crippen molar-refractivity contribution in [2.45, 2.75) is 0 Å². The molecule has 0 heterocycles. The van der Waals surface area contributed by atoms with E-state index in [9.17, 15) is 9.59 Å². The Balaban J connectivity index is 3.03. The van der Waals surface area contributed by atoms with Gasteiger partial charge in [0.1, 0.15) is 0 Å². The molecule has 0 atom stereocenters. The molecule has 0 aliphatic rings. The highest BCUT2D eigenvalue weighted by atomic mass is 16.5. The fourth-order valence-corrected chi connectivity index (χ4v) is 1.08. The molecule has 0 saturated heterocycles. The van der Waals surface area contributed by atoms with E-state index in [1.165, 1.54) is 37.5 Å². The second-order valence-electron chi connectivity index (χ2n) is 3.01. The zero-order chi connectivity index (χ0) is 12.1. The molecule has 0 aromatic heterocycles. The lowest BCUT2D eigenvalue weighted by atomic mass is 10.1. The first-order valence-corrected chi connectivity index (χ1v) is 4.43. The van der Waals surface area contributed by atoms with Crippen LogP contribution in [0.5, 0.6) is 0 Å². The number of benzene rings is 1. The van der Waals surface area contributed by atoms with Crippen molar-refractivity contribution in [2.75, 3.05) is 12.8 Å². The average molecular weight is 221 g/mol. The first kappa shape index (κ1) is 11.8. The van der Waals surface area contributed by atoms with Crippen LogP contribution in [-0.2, 0) is 9.53 Å². The number of carbonyl (C=O) groups excluding carboxylic acids is 1. The Bertz CT molecular complexity index is 451. The van der Waals surface area contributed by atoms with E-state index >= 15 is 0 Å². The third kappa shape index (κ3) is 2.84. The predicted molar refractivity (Wildman–Crippen MR) is 58.9 cm³/mol. The summed E-state index contributed by atoms with van der Waals surface area (Å²) in [6, 6.07) is 4.25. The maximum atomic E-state index is 10.8. The monoisotopic (exact) mass is 221 g/mol. The molecule has 16 heavy (non-hydrogen) atoms. The molecule has 0 unspecified atom stereocenters. The van der Waals surface area contributed by atoms with Gasteiger partial charge in [0.2, 0.25) is 0 Å². The molecule has 1 rings (SSSR count). The number of nitrogens with two attached hydrogens (primary N) is 1. The summed E-state index contributed by atoms with van der Waals surface area (Å²) >= 11 is 0. The highest BCUT2D eigenvalue weighted by Gasteiger charge is 2.05. The molecule has 0 saturated carbocycles. The van der Waals surface area contributed by atoms with Crippen molar-refractivity contribution in [2.24, 2.45) is 0 Å². The van der Waals surface area contributed by atoms with Crippen molar-refractivity contribution in [1.29, 1.82) is 0 Å². The zero-order valence-corrected chi connectivity index (χ0v) is 8.64. The molecule has 3 N–H and O–H groups in total. The van der Waals surface area contributed by atoms with Gasteiger partial charge in [0.25, 0.3) is 0 Å². The fourth-order valence-electron chi connectivity index (χ4n) is 1.08. The Labute approximate surface area is 92.1 Å². The number of nitrogen functional groups attached to an aromatic ring is 1. The summed E-state index contributed by atoms with van der Waals surface area (Å²) in [5, 5.41) is 8.77. The van der Waals surface area contributed by atoms with Crippen LogP contribution in [0.1, 0.15) is 15.9 Å². The van der Waals surface area contributed by atoms with Crippen LogP contribution >= 0.6 is 0 Å². The number of esters is 1. The van der Waals surface area contributed by atoms with E-state index in [4.69, 9.17) is 10.8 Å². The van der Waals surface area contributed by atoms with E-state index in [2.05, 4.69) is 4.74 Å². The van der Waals surface area contributed by atoms with Crippen LogP contribution in [0.4, 0.5) is 5.69 Å². The van der Waals surface area contributed by atoms with Crippen LogP contribution in [-0.4, -0.2) is 24.2 Å². The topological polar surface area (TPSA) is 89.6 Å². The average Bonchev–Trinajstić information content (AvgIpc) is 2.27. The second kappa shape index (κ2) is 4.97. The number of anilines is 1. The van der Waals surface area contributed by atoms with Gasteiger partial charge in [-0.2, -0.15) is 0 Å². The van der Waals surface area contributed by atoms with Crippen molar-refractivity contribution >= 4 is 23.7 Å². The number of methoxy groups -OCH3 is 1. The molecular formula is C11H11NO4. The molecule has 1 aromatic rings. The van der Waals surface area contributed by atoms with Crippen molar-refractivity contribution in [3.05, 3.63) is 35.4 Å². The summed E-state index contributed by atoms with van der Waals surface area (Å²) in [6.45, 7) is 0. The molecule has 84 valence electrons. The third-order valence-corrected chi connectivity index (χ3v) is 1.93. The van der Waals surface area contributed by atoms with E-state index in [-0.39, 0.29) is 5.56 Å². The van der Waals surface area contributed by atoms with E-state index < -0.39 is 11.9 Å². The molecule has 5 nitrogen and oxygen atoms in total. The van der Waals surface area contributed by atoms with Gasteiger partial charge in [-0.3, -0.25) is 0 Å². The maximum absolute atomic E-state index is 10.8. The summed E-state index contributed by atoms with van der Waals surface area (Å²) < 4.78 is 4.41. The van der Waals surface area contributed by atoms with Crippen LogP contribution in [0.25, 0.3) is 6.08 Å². The molecule has 0 spiro atoms. The smallest absolute Gasteiger partial charge is 0.335 e. The Morgan fingerprint density at radius 3 is 2.69 bits per heavy atom. The van der Waals surface area contributed by atoms with E-state index in [0.717, 1.165) is 0 Å². The van der Waals surface area contributed by atoms with Crippen molar-refractivity contribution in [3.8, 4) is 0 Å². The number of hydrogen-bond donors (Lipinski definition) is 2. The van der Waals surface area contributed by atoms with Gasteiger partial charge in [0.15, 0.2) is 0 Å². The molecule has 0 aliphatic carbocycles. The number of carboxylic acids is 1. The van der Waals surface area contributed by atoms with Gasteiger partial charge in [-0.05, 0) is 29.8 Å². The minimum atomic E-state index is -1.05. The molecule has 0 amide bonds. The SMILES string of the molecule is COC(=O)C=Cc1cc(C(=O)O)ccc1N. The number of aromatic carboxylic acids is 1. The Morgan fingerprint density at radius 1 is 1.44 bits per heavy atom. The molecule has 0 aliphatic heterocycles. The van der Waals surface area contributed by atoms with E-state index in [0.29, 0.717) is 11.3 Å². The molecule has 5 heteroatoms. The highest BCUT2D eigenvalue weighted by Crippen LogP contribution is 2.16. The summed E-state index contributed by atoms with van der Waals surface area (Å²) in [5.74, 6) is -1.58. The number of carboxylic acid groups (broad SMARTS) is 1. The van der Waals surface area contributed by atoms with Crippen LogP contribution in [0.3, 0.4) is 0 Å². The highest BCUT2D eigenvalue weighted by molar-refractivity contribution is 5.91. The van der Waals surface area contributed by atoms with Gasteiger partial charge in [-0.25, -0.2) is 9.59 Å². The molecule has 1 aromatic carbocycles. The first-order chi connectivity index (χ1) is 7.54. The molecule has 0 radical (unpaired) electrons. The van der Waals surface area contributed by atoms with Gasteiger partial charge >= 0.3 is 11.9 Å². The van der Waals surface area contributed by atoms with Gasteiger partial charge in [0.05, 0.1) is 12.7 Å². The third-order valence-electron chi connectivity index (χ3n) is 1.93. The minimum Gasteiger partial charge on any atom is -0.478 e. The standard InChI is InChI=1S/C11H11NO4/c1-16-10(13)5-3-7-6-8(11(14)15)2-4-9(7)12/h2-6H,12H2,1H3,(H,14,15). The molecule has 0 bridgehead atoms. The largest absolute Gasteiger partial charge is 0.478 e. The van der Waals surface area contributed by atoms with Crippen molar-refractivity contribution < 1.29 is 19.4 Å². The molecular weight excluding hydrogens is 210 g/mol. The lowest BCUT2D eigenvalue weighted by molar-refractivity contribution is -0.134. The van der Waals surface area contributed by atoms with Crippen LogP contribution in [0.2, 0.25) is 0 Å². The van der Waals surface area contributed by atoms with Crippen LogP contribution < -0.4 is 5.73 Å². The van der Waals surface area contributed by atoms with Gasteiger partial charge in [0, 0.05) is 11.8 Å². The first-order valence-electron chi connectivity index (χ1n) is 4.43. The summed E-state index contributed by atoms with van der Waals surface area (Å²) in [4.78, 5) is 21.6. The molecule has 0 fully saturated rings. The Hall–Kier alpha value is -2.30. The minimum absolute atomic E-state index is 0.110. The lowest BCUT2D eigenvalue weighted by Crippen LogP contribution is -1.99. The Kier molecular flexibility index (Phi) is 3.66. The number of hydrogen-bond acceptors (Lipinski definition) is 4. The maximum Gasteiger partial charge on any atom is 0.335 e. The van der Waals surface area contributed by atoms with Crippen LogP contribution in [0, 0.1) is 0 Å². The van der Waals surface area contributed by atoms with Gasteiger partial charge in [-0.1, -0.05) is 0 Å². The second-order valence-corrected chi connectivity index (χ2v) is 3.01.